The first kappa shape index (κ1) is 14.2. The van der Waals surface area contributed by atoms with Gasteiger partial charge in [-0.1, -0.05) is 23.7 Å². The molecule has 19 heavy (non-hydrogen) atoms. The van der Waals surface area contributed by atoms with Gasteiger partial charge in [-0.05, 0) is 48.0 Å². The fourth-order valence-corrected chi connectivity index (χ4v) is 2.74. The normalized spacial score (nSPS) is 11.0. The minimum Gasteiger partial charge on any atom is -0.477 e. The van der Waals surface area contributed by atoms with Crippen LogP contribution in [0.5, 0.6) is 0 Å². The minimum atomic E-state index is -0.932. The maximum atomic E-state index is 11.3. The van der Waals surface area contributed by atoms with Gasteiger partial charge in [0.05, 0.1) is 10.7 Å². The van der Waals surface area contributed by atoms with Gasteiger partial charge in [-0.25, -0.2) is 4.79 Å². The number of hydrogen-bond donors (Lipinski definition) is 1. The third-order valence-electron chi connectivity index (χ3n) is 2.88. The summed E-state index contributed by atoms with van der Waals surface area (Å²) in [7, 11) is 0. The molecule has 1 aromatic heterocycles. The van der Waals surface area contributed by atoms with E-state index in [1.165, 1.54) is 0 Å². The van der Waals surface area contributed by atoms with Gasteiger partial charge in [-0.2, -0.15) is 0 Å². The summed E-state index contributed by atoms with van der Waals surface area (Å²) in [6.45, 7) is 3.91. The van der Waals surface area contributed by atoms with E-state index in [9.17, 15) is 9.90 Å². The largest absolute Gasteiger partial charge is 0.477 e. The van der Waals surface area contributed by atoms with E-state index in [2.05, 4.69) is 15.9 Å². The maximum Gasteiger partial charge on any atom is 0.352 e. The Hall–Kier alpha value is -1.26. The molecule has 0 fully saturated rings. The van der Waals surface area contributed by atoms with E-state index >= 15 is 0 Å². The fraction of sp³-hybridized carbons (Fsp3) is 0.214. The molecule has 1 heterocycles. The van der Waals surface area contributed by atoms with Crippen LogP contribution in [0.4, 0.5) is 0 Å². The summed E-state index contributed by atoms with van der Waals surface area (Å²) in [5.41, 5.74) is 1.99. The van der Waals surface area contributed by atoms with Crippen LogP contribution in [0, 0.1) is 0 Å². The van der Waals surface area contributed by atoms with Crippen LogP contribution in [0.15, 0.2) is 34.8 Å². The Labute approximate surface area is 124 Å². The zero-order valence-electron chi connectivity index (χ0n) is 10.5. The van der Waals surface area contributed by atoms with Crippen LogP contribution >= 0.6 is 27.5 Å². The highest BCUT2D eigenvalue weighted by Crippen LogP contribution is 2.36. The average Bonchev–Trinajstić information content (AvgIpc) is 2.77. The summed E-state index contributed by atoms with van der Waals surface area (Å²) in [5.74, 6) is -0.932. The van der Waals surface area contributed by atoms with Gasteiger partial charge < -0.3 is 9.67 Å². The average molecular weight is 343 g/mol. The number of aromatic nitrogens is 1. The molecule has 0 saturated heterocycles. The van der Waals surface area contributed by atoms with Crippen LogP contribution in [0.1, 0.15) is 30.4 Å². The molecule has 100 valence electrons. The van der Waals surface area contributed by atoms with Gasteiger partial charge in [0, 0.05) is 16.1 Å². The number of carbonyl (C=O) groups is 1. The molecule has 0 saturated carbocycles. The predicted molar refractivity (Wildman–Crippen MR) is 79.9 cm³/mol. The molecule has 0 aliphatic rings. The van der Waals surface area contributed by atoms with Crippen molar-refractivity contribution in [2.45, 2.75) is 19.9 Å². The van der Waals surface area contributed by atoms with Crippen LogP contribution < -0.4 is 0 Å². The van der Waals surface area contributed by atoms with Gasteiger partial charge in [-0.15, -0.1) is 0 Å². The number of aromatic carboxylic acids is 1. The highest BCUT2D eigenvalue weighted by Gasteiger charge is 2.19. The van der Waals surface area contributed by atoms with Crippen LogP contribution in [-0.2, 0) is 0 Å². The lowest BCUT2D eigenvalue weighted by Crippen LogP contribution is -2.11. The van der Waals surface area contributed by atoms with E-state index < -0.39 is 5.97 Å². The lowest BCUT2D eigenvalue weighted by atomic mass is 10.1. The molecule has 0 bridgehead atoms. The Balaban J connectivity index is 2.69. The first-order chi connectivity index (χ1) is 8.93. The monoisotopic (exact) mass is 341 g/mol. The van der Waals surface area contributed by atoms with E-state index in [1.807, 2.05) is 26.0 Å². The van der Waals surface area contributed by atoms with E-state index in [0.29, 0.717) is 5.02 Å². The zero-order valence-corrected chi connectivity index (χ0v) is 12.9. The summed E-state index contributed by atoms with van der Waals surface area (Å²) < 4.78 is 2.56. The molecule has 0 aliphatic heterocycles. The van der Waals surface area contributed by atoms with Crippen molar-refractivity contribution in [1.29, 1.82) is 0 Å². The van der Waals surface area contributed by atoms with E-state index in [1.54, 1.807) is 22.8 Å². The Morgan fingerprint density at radius 1 is 1.32 bits per heavy atom. The summed E-state index contributed by atoms with van der Waals surface area (Å²) in [5, 5.41) is 9.84. The molecule has 5 heteroatoms. The van der Waals surface area contributed by atoms with Gasteiger partial charge in [0.15, 0.2) is 0 Å². The minimum absolute atomic E-state index is 0.0435. The topological polar surface area (TPSA) is 42.2 Å². The summed E-state index contributed by atoms with van der Waals surface area (Å²) in [6, 6.07) is 9.01. The first-order valence-electron chi connectivity index (χ1n) is 5.82. The molecule has 1 aromatic carbocycles. The van der Waals surface area contributed by atoms with Gasteiger partial charge in [0.2, 0.25) is 0 Å². The van der Waals surface area contributed by atoms with Crippen molar-refractivity contribution in [1.82, 2.24) is 4.57 Å². The van der Waals surface area contributed by atoms with Crippen molar-refractivity contribution in [3.63, 3.8) is 0 Å². The summed E-state index contributed by atoms with van der Waals surface area (Å²) in [6.07, 6.45) is 0. The first-order valence-corrected chi connectivity index (χ1v) is 6.99. The lowest BCUT2D eigenvalue weighted by molar-refractivity contribution is 0.0683. The van der Waals surface area contributed by atoms with E-state index in [-0.39, 0.29) is 11.7 Å². The molecule has 0 amide bonds. The number of carboxylic acids is 1. The molecule has 2 rings (SSSR count). The highest BCUT2D eigenvalue weighted by atomic mass is 79.9. The van der Waals surface area contributed by atoms with Crippen molar-refractivity contribution < 1.29 is 9.90 Å². The number of nitrogens with zero attached hydrogens (tertiary/aromatic N) is 1. The van der Waals surface area contributed by atoms with Crippen LogP contribution in [0.2, 0.25) is 5.02 Å². The van der Waals surface area contributed by atoms with Crippen molar-refractivity contribution in [2.24, 2.45) is 0 Å². The second kappa shape index (κ2) is 5.39. The molecule has 2 aromatic rings. The lowest BCUT2D eigenvalue weighted by Gasteiger charge is -2.16. The van der Waals surface area contributed by atoms with Crippen LogP contribution in [0.25, 0.3) is 11.3 Å². The van der Waals surface area contributed by atoms with Crippen LogP contribution in [-0.4, -0.2) is 15.6 Å². The molecule has 0 atom stereocenters. The fourth-order valence-electron chi connectivity index (χ4n) is 2.10. The molecular weight excluding hydrogens is 330 g/mol. The zero-order chi connectivity index (χ0) is 14.2. The van der Waals surface area contributed by atoms with Gasteiger partial charge in [0.1, 0.15) is 5.69 Å². The SMILES string of the molecule is CC(C)n1c(C(=O)O)ccc1-c1cccc(Cl)c1Br. The second-order valence-corrected chi connectivity index (χ2v) is 5.67. The highest BCUT2D eigenvalue weighted by molar-refractivity contribution is 9.10. The Bertz CT molecular complexity index is 634. The Morgan fingerprint density at radius 3 is 2.58 bits per heavy atom. The van der Waals surface area contributed by atoms with Crippen molar-refractivity contribution in [3.8, 4) is 11.3 Å². The van der Waals surface area contributed by atoms with Crippen molar-refractivity contribution in [2.75, 3.05) is 0 Å². The van der Waals surface area contributed by atoms with Gasteiger partial charge in [-0.3, -0.25) is 0 Å². The van der Waals surface area contributed by atoms with Gasteiger partial charge in [0.25, 0.3) is 0 Å². The summed E-state index contributed by atoms with van der Waals surface area (Å²) >= 11 is 9.55. The van der Waals surface area contributed by atoms with Crippen molar-refractivity contribution >= 4 is 33.5 Å². The third kappa shape index (κ3) is 2.55. The summed E-state index contributed by atoms with van der Waals surface area (Å²) in [4.78, 5) is 11.3. The van der Waals surface area contributed by atoms with Gasteiger partial charge >= 0.3 is 5.97 Å². The van der Waals surface area contributed by atoms with Crippen LogP contribution in [0.3, 0.4) is 0 Å². The van der Waals surface area contributed by atoms with E-state index in [0.717, 1.165) is 15.7 Å². The molecular formula is C14H13BrClNO2. The molecule has 3 nitrogen and oxygen atoms in total. The number of rotatable bonds is 3. The molecule has 0 spiro atoms. The molecule has 0 radical (unpaired) electrons. The molecule has 0 unspecified atom stereocenters. The molecule has 1 N–H and O–H groups in total. The smallest absolute Gasteiger partial charge is 0.352 e. The predicted octanol–water partition coefficient (Wildman–Crippen LogP) is 4.85. The maximum absolute atomic E-state index is 11.3. The Morgan fingerprint density at radius 2 is 2.00 bits per heavy atom. The standard InChI is InChI=1S/C14H13BrClNO2/c1-8(2)17-11(6-7-12(17)14(18)19)9-4-3-5-10(16)13(9)15/h3-8H,1-2H3,(H,18,19). The third-order valence-corrected chi connectivity index (χ3v) is 4.28. The number of hydrogen-bond acceptors (Lipinski definition) is 1. The Kier molecular flexibility index (Phi) is 4.02. The quantitative estimate of drug-likeness (QED) is 0.866. The second-order valence-electron chi connectivity index (χ2n) is 4.47. The van der Waals surface area contributed by atoms with E-state index in [4.69, 9.17) is 11.6 Å². The molecule has 0 aliphatic carbocycles. The number of benzene rings is 1. The number of carboxylic acid groups (broad SMARTS) is 1. The van der Waals surface area contributed by atoms with Crippen molar-refractivity contribution in [3.05, 3.63) is 45.5 Å². The number of halogens is 2.